The van der Waals surface area contributed by atoms with Crippen molar-refractivity contribution in [1.82, 2.24) is 24.6 Å². The van der Waals surface area contributed by atoms with Crippen LogP contribution in [0.2, 0.25) is 0 Å². The van der Waals surface area contributed by atoms with Crippen molar-refractivity contribution in [2.75, 3.05) is 32.8 Å². The molecule has 32 heavy (non-hydrogen) atoms. The molecule has 2 heterocycles. The van der Waals surface area contributed by atoms with Crippen LogP contribution in [0.25, 0.3) is 5.69 Å². The first-order chi connectivity index (χ1) is 15.5. The van der Waals surface area contributed by atoms with Gasteiger partial charge in [0.1, 0.15) is 11.6 Å². The summed E-state index contributed by atoms with van der Waals surface area (Å²) in [5.74, 6) is 0.157. The van der Waals surface area contributed by atoms with Gasteiger partial charge in [-0.15, -0.1) is 5.10 Å². The lowest BCUT2D eigenvalue weighted by Crippen LogP contribution is -2.48. The molecule has 0 N–H and O–H groups in total. The number of nitrogens with zero attached hydrogens (tertiary/aromatic N) is 5. The first-order valence-corrected chi connectivity index (χ1v) is 10.9. The minimum Gasteiger partial charge on any atom is -0.379 e. The fourth-order valence-corrected chi connectivity index (χ4v) is 3.90. The zero-order chi connectivity index (χ0) is 22.5. The van der Waals surface area contributed by atoms with E-state index in [0.29, 0.717) is 31.3 Å². The van der Waals surface area contributed by atoms with Crippen molar-refractivity contribution in [2.45, 2.75) is 26.4 Å². The van der Waals surface area contributed by atoms with Crippen molar-refractivity contribution in [3.05, 3.63) is 77.6 Å². The molecule has 7 nitrogen and oxygen atoms in total. The van der Waals surface area contributed by atoms with Crippen LogP contribution in [0.4, 0.5) is 4.39 Å². The smallest absolute Gasteiger partial charge is 0.294 e. The van der Waals surface area contributed by atoms with Gasteiger partial charge in [-0.2, -0.15) is 0 Å². The zero-order valence-corrected chi connectivity index (χ0v) is 18.4. The van der Waals surface area contributed by atoms with Gasteiger partial charge in [0.15, 0.2) is 0 Å². The number of aromatic nitrogens is 3. The predicted molar refractivity (Wildman–Crippen MR) is 119 cm³/mol. The number of rotatable bonds is 7. The van der Waals surface area contributed by atoms with Crippen LogP contribution >= 0.6 is 0 Å². The van der Waals surface area contributed by atoms with Gasteiger partial charge in [0.2, 0.25) is 5.82 Å². The number of morpholine rings is 1. The zero-order valence-electron chi connectivity index (χ0n) is 18.4. The van der Waals surface area contributed by atoms with Crippen molar-refractivity contribution >= 4 is 5.91 Å². The molecule has 1 unspecified atom stereocenters. The van der Waals surface area contributed by atoms with E-state index in [0.717, 1.165) is 25.2 Å². The van der Waals surface area contributed by atoms with E-state index in [1.807, 2.05) is 35.2 Å². The highest BCUT2D eigenvalue weighted by Crippen LogP contribution is 2.16. The quantitative estimate of drug-likeness (QED) is 0.569. The minimum atomic E-state index is -0.325. The molecule has 1 aliphatic heterocycles. The van der Waals surface area contributed by atoms with Crippen LogP contribution in [0, 0.1) is 12.7 Å². The van der Waals surface area contributed by atoms with Crippen LogP contribution in [0.3, 0.4) is 0 Å². The van der Waals surface area contributed by atoms with Gasteiger partial charge in [-0.25, -0.2) is 14.1 Å². The maximum Gasteiger partial charge on any atom is 0.294 e. The molecule has 0 spiro atoms. The summed E-state index contributed by atoms with van der Waals surface area (Å²) in [6.07, 6.45) is 0. The van der Waals surface area contributed by atoms with Gasteiger partial charge in [-0.1, -0.05) is 30.3 Å². The van der Waals surface area contributed by atoms with Gasteiger partial charge in [0.25, 0.3) is 5.91 Å². The number of carbonyl (C=O) groups is 1. The summed E-state index contributed by atoms with van der Waals surface area (Å²) in [5.41, 5.74) is 1.70. The molecule has 0 bridgehead atoms. The third-order valence-corrected chi connectivity index (χ3v) is 5.65. The summed E-state index contributed by atoms with van der Waals surface area (Å²) >= 11 is 0. The molecule has 4 rings (SSSR count). The lowest BCUT2D eigenvalue weighted by atomic mass is 10.1. The van der Waals surface area contributed by atoms with Gasteiger partial charge in [0.05, 0.1) is 18.9 Å². The van der Waals surface area contributed by atoms with Crippen molar-refractivity contribution < 1.29 is 13.9 Å². The summed E-state index contributed by atoms with van der Waals surface area (Å²) in [5, 5.41) is 4.46. The minimum absolute atomic E-state index is 0.0427. The fourth-order valence-electron chi connectivity index (χ4n) is 3.90. The van der Waals surface area contributed by atoms with Gasteiger partial charge in [-0.05, 0) is 43.7 Å². The highest BCUT2D eigenvalue weighted by molar-refractivity contribution is 5.90. The van der Waals surface area contributed by atoms with Gasteiger partial charge < -0.3 is 9.64 Å². The molecule has 0 saturated carbocycles. The number of aryl methyl sites for hydroxylation is 1. The van der Waals surface area contributed by atoms with Crippen molar-refractivity contribution in [1.29, 1.82) is 0 Å². The topological polar surface area (TPSA) is 63.5 Å². The lowest BCUT2D eigenvalue weighted by Gasteiger charge is -2.34. The number of benzene rings is 2. The second-order valence-electron chi connectivity index (χ2n) is 8.05. The second kappa shape index (κ2) is 10.0. The van der Waals surface area contributed by atoms with Crippen LogP contribution in [0.1, 0.15) is 28.9 Å². The van der Waals surface area contributed by atoms with E-state index >= 15 is 0 Å². The van der Waals surface area contributed by atoms with Crippen LogP contribution in [0.5, 0.6) is 0 Å². The third-order valence-electron chi connectivity index (χ3n) is 5.65. The Hall–Kier alpha value is -3.10. The van der Waals surface area contributed by atoms with Gasteiger partial charge >= 0.3 is 0 Å². The largest absolute Gasteiger partial charge is 0.379 e. The SMILES string of the molecule is Cc1nc(C(=O)N(Cc2ccccc2)C(C)CN2CCOCC2)nn1-c1ccc(F)cc1. The summed E-state index contributed by atoms with van der Waals surface area (Å²) in [6.45, 7) is 8.19. The maximum atomic E-state index is 13.6. The molecule has 3 aromatic rings. The fraction of sp³-hybridized carbons (Fsp3) is 0.375. The third kappa shape index (κ3) is 5.20. The second-order valence-corrected chi connectivity index (χ2v) is 8.05. The molecule has 1 saturated heterocycles. The molecule has 1 aliphatic rings. The van der Waals surface area contributed by atoms with E-state index < -0.39 is 0 Å². The van der Waals surface area contributed by atoms with Gasteiger partial charge in [0, 0.05) is 32.2 Å². The Bertz CT molecular complexity index is 1030. The van der Waals surface area contributed by atoms with E-state index in [1.54, 1.807) is 23.7 Å². The van der Waals surface area contributed by atoms with Crippen LogP contribution < -0.4 is 0 Å². The van der Waals surface area contributed by atoms with E-state index in [1.165, 1.54) is 12.1 Å². The Morgan fingerprint density at radius 2 is 1.81 bits per heavy atom. The molecule has 1 amide bonds. The van der Waals surface area contributed by atoms with Crippen molar-refractivity contribution in [2.24, 2.45) is 0 Å². The molecule has 2 aromatic carbocycles. The summed E-state index contributed by atoms with van der Waals surface area (Å²) in [6, 6.07) is 15.8. The maximum absolute atomic E-state index is 13.6. The summed E-state index contributed by atoms with van der Waals surface area (Å²) in [7, 11) is 0. The average molecular weight is 438 g/mol. The van der Waals surface area contributed by atoms with Crippen LogP contribution in [-0.2, 0) is 11.3 Å². The number of hydrogen-bond donors (Lipinski definition) is 0. The van der Waals surface area contributed by atoms with E-state index in [9.17, 15) is 9.18 Å². The van der Waals surface area contributed by atoms with E-state index in [-0.39, 0.29) is 23.6 Å². The highest BCUT2D eigenvalue weighted by Gasteiger charge is 2.28. The molecule has 1 fully saturated rings. The number of carbonyl (C=O) groups excluding carboxylic acids is 1. The summed E-state index contributed by atoms with van der Waals surface area (Å²) in [4.78, 5) is 22.1. The van der Waals surface area contributed by atoms with Crippen LogP contribution in [0.15, 0.2) is 54.6 Å². The molecule has 0 aliphatic carbocycles. The number of ether oxygens (including phenoxy) is 1. The standard InChI is InChI=1S/C24H28FN5O2/c1-18(16-28-12-14-32-15-13-28)29(17-20-6-4-3-5-7-20)24(31)23-26-19(2)30(27-23)22-10-8-21(25)9-11-22/h3-11,18H,12-17H2,1-2H3. The van der Waals surface area contributed by atoms with E-state index in [4.69, 9.17) is 4.74 Å². The Morgan fingerprint density at radius 1 is 1.12 bits per heavy atom. The molecule has 1 aromatic heterocycles. The first kappa shape index (κ1) is 22.1. The predicted octanol–water partition coefficient (Wildman–Crippen LogP) is 3.08. The van der Waals surface area contributed by atoms with Crippen molar-refractivity contribution in [3.63, 3.8) is 0 Å². The van der Waals surface area contributed by atoms with Crippen LogP contribution in [-0.4, -0.2) is 69.4 Å². The summed E-state index contributed by atoms with van der Waals surface area (Å²) < 4.78 is 20.3. The molecular formula is C24H28FN5O2. The van der Waals surface area contributed by atoms with Gasteiger partial charge in [-0.3, -0.25) is 9.69 Å². The number of amides is 1. The number of halogens is 1. The Morgan fingerprint density at radius 3 is 2.50 bits per heavy atom. The monoisotopic (exact) mass is 437 g/mol. The Balaban J connectivity index is 1.59. The normalized spacial score (nSPS) is 15.5. The Labute approximate surface area is 187 Å². The average Bonchev–Trinajstić information content (AvgIpc) is 3.20. The molecular weight excluding hydrogens is 409 g/mol. The lowest BCUT2D eigenvalue weighted by molar-refractivity contribution is 0.0226. The molecule has 1 atom stereocenters. The Kier molecular flexibility index (Phi) is 6.92. The first-order valence-electron chi connectivity index (χ1n) is 10.9. The number of hydrogen-bond acceptors (Lipinski definition) is 5. The highest BCUT2D eigenvalue weighted by atomic mass is 19.1. The van der Waals surface area contributed by atoms with E-state index in [2.05, 4.69) is 21.9 Å². The molecule has 0 radical (unpaired) electrons. The molecule has 168 valence electrons. The van der Waals surface area contributed by atoms with Crippen molar-refractivity contribution in [3.8, 4) is 5.69 Å². The molecule has 8 heteroatoms.